The predicted octanol–water partition coefficient (Wildman–Crippen LogP) is 2.65. The molecule has 0 spiro atoms. The lowest BCUT2D eigenvalue weighted by Crippen LogP contribution is -1.89. The Kier molecular flexibility index (Phi) is 5.09. The summed E-state index contributed by atoms with van der Waals surface area (Å²) in [4.78, 5) is 10.5. The van der Waals surface area contributed by atoms with Gasteiger partial charge in [0, 0.05) is 6.42 Å². The van der Waals surface area contributed by atoms with Crippen molar-refractivity contribution in [2.75, 3.05) is 0 Å². The lowest BCUT2D eigenvalue weighted by molar-refractivity contribution is -0.116. The van der Waals surface area contributed by atoms with E-state index in [0.717, 1.165) is 12.0 Å². The van der Waals surface area contributed by atoms with Gasteiger partial charge in [-0.2, -0.15) is 0 Å². The van der Waals surface area contributed by atoms with Gasteiger partial charge in [-0.3, -0.25) is 0 Å². The number of rotatable bonds is 5. The van der Waals surface area contributed by atoms with Gasteiger partial charge in [0.2, 0.25) is 0 Å². The van der Waals surface area contributed by atoms with E-state index in [1.165, 1.54) is 0 Å². The SMILES string of the molecule is C=C/C=C\C(=C)CCC(C)=O. The molecule has 0 unspecified atom stereocenters. The number of carbonyl (C=O) groups excluding carboxylic acids is 1. The summed E-state index contributed by atoms with van der Waals surface area (Å²) >= 11 is 0. The van der Waals surface area contributed by atoms with Crippen LogP contribution in [0.2, 0.25) is 0 Å². The zero-order valence-corrected chi connectivity index (χ0v) is 6.97. The van der Waals surface area contributed by atoms with Crippen LogP contribution in [0, 0.1) is 0 Å². The van der Waals surface area contributed by atoms with E-state index in [9.17, 15) is 4.79 Å². The van der Waals surface area contributed by atoms with E-state index in [1.807, 2.05) is 12.2 Å². The molecule has 0 aromatic rings. The highest BCUT2D eigenvalue weighted by Gasteiger charge is 1.93. The fraction of sp³-hybridized carbons (Fsp3) is 0.300. The van der Waals surface area contributed by atoms with Gasteiger partial charge < -0.3 is 4.79 Å². The largest absolute Gasteiger partial charge is 0.300 e. The van der Waals surface area contributed by atoms with E-state index in [2.05, 4.69) is 13.2 Å². The Morgan fingerprint density at radius 3 is 2.55 bits per heavy atom. The van der Waals surface area contributed by atoms with Crippen molar-refractivity contribution in [3.05, 3.63) is 37.0 Å². The molecule has 11 heavy (non-hydrogen) atoms. The van der Waals surface area contributed by atoms with Crippen molar-refractivity contribution in [2.24, 2.45) is 0 Å². The first-order chi connectivity index (χ1) is 5.16. The molecule has 0 N–H and O–H groups in total. The van der Waals surface area contributed by atoms with Crippen LogP contribution >= 0.6 is 0 Å². The summed E-state index contributed by atoms with van der Waals surface area (Å²) < 4.78 is 0. The van der Waals surface area contributed by atoms with E-state index < -0.39 is 0 Å². The van der Waals surface area contributed by atoms with Crippen molar-refractivity contribution in [2.45, 2.75) is 19.8 Å². The van der Waals surface area contributed by atoms with Crippen molar-refractivity contribution < 1.29 is 4.79 Å². The van der Waals surface area contributed by atoms with Gasteiger partial charge in [0.15, 0.2) is 0 Å². The van der Waals surface area contributed by atoms with Crippen molar-refractivity contribution in [3.8, 4) is 0 Å². The fourth-order valence-corrected chi connectivity index (χ4v) is 0.624. The Balaban J connectivity index is 3.61. The Labute approximate surface area is 68.1 Å². The van der Waals surface area contributed by atoms with Gasteiger partial charge in [0.25, 0.3) is 0 Å². The number of Topliss-reactive ketones (excluding diaryl/α,β-unsaturated/α-hetero) is 1. The quantitative estimate of drug-likeness (QED) is 0.551. The van der Waals surface area contributed by atoms with Crippen LogP contribution < -0.4 is 0 Å². The number of allylic oxidation sites excluding steroid dienone is 4. The monoisotopic (exact) mass is 150 g/mol. The van der Waals surface area contributed by atoms with Gasteiger partial charge in [0.1, 0.15) is 5.78 Å². The average Bonchev–Trinajstić information content (AvgIpc) is 1.97. The third-order valence-electron chi connectivity index (χ3n) is 1.27. The average molecular weight is 150 g/mol. The molecule has 0 atom stereocenters. The number of ketones is 1. The van der Waals surface area contributed by atoms with Crippen LogP contribution in [0.4, 0.5) is 0 Å². The van der Waals surface area contributed by atoms with Crippen molar-refractivity contribution in [1.29, 1.82) is 0 Å². The second-order valence-electron chi connectivity index (χ2n) is 2.46. The molecule has 0 aliphatic carbocycles. The summed E-state index contributed by atoms with van der Waals surface area (Å²) in [6.07, 6.45) is 6.72. The van der Waals surface area contributed by atoms with E-state index >= 15 is 0 Å². The Hall–Kier alpha value is -1.11. The summed E-state index contributed by atoms with van der Waals surface area (Å²) in [5.74, 6) is 0.207. The van der Waals surface area contributed by atoms with E-state index in [1.54, 1.807) is 13.0 Å². The Morgan fingerprint density at radius 1 is 1.45 bits per heavy atom. The smallest absolute Gasteiger partial charge is 0.130 e. The first kappa shape index (κ1) is 9.89. The second kappa shape index (κ2) is 5.66. The maximum atomic E-state index is 10.5. The zero-order chi connectivity index (χ0) is 8.69. The molecule has 0 rings (SSSR count). The molecular weight excluding hydrogens is 136 g/mol. The van der Waals surface area contributed by atoms with Gasteiger partial charge in [-0.05, 0) is 13.3 Å². The summed E-state index contributed by atoms with van der Waals surface area (Å²) in [6, 6.07) is 0. The lowest BCUT2D eigenvalue weighted by atomic mass is 10.1. The fourth-order valence-electron chi connectivity index (χ4n) is 0.624. The molecular formula is C10H14O. The standard InChI is InChI=1S/C10H14O/c1-4-5-6-9(2)7-8-10(3)11/h4-6H,1-2,7-8H2,3H3/b6-5-. The molecule has 0 amide bonds. The van der Waals surface area contributed by atoms with Crippen molar-refractivity contribution in [1.82, 2.24) is 0 Å². The van der Waals surface area contributed by atoms with Gasteiger partial charge in [-0.15, -0.1) is 0 Å². The van der Waals surface area contributed by atoms with Gasteiger partial charge in [-0.1, -0.05) is 37.0 Å². The molecule has 0 aromatic heterocycles. The highest BCUT2D eigenvalue weighted by Crippen LogP contribution is 2.03. The maximum Gasteiger partial charge on any atom is 0.130 e. The number of hydrogen-bond acceptors (Lipinski definition) is 1. The van der Waals surface area contributed by atoms with Crippen LogP contribution in [0.5, 0.6) is 0 Å². The normalized spacial score (nSPS) is 9.91. The summed E-state index contributed by atoms with van der Waals surface area (Å²) in [5.41, 5.74) is 0.972. The molecule has 0 fully saturated rings. The predicted molar refractivity (Wildman–Crippen MR) is 48.4 cm³/mol. The molecule has 1 nitrogen and oxygen atoms in total. The van der Waals surface area contributed by atoms with Gasteiger partial charge >= 0.3 is 0 Å². The van der Waals surface area contributed by atoms with E-state index in [-0.39, 0.29) is 5.78 Å². The summed E-state index contributed by atoms with van der Waals surface area (Å²) in [6.45, 7) is 8.90. The minimum atomic E-state index is 0.207. The summed E-state index contributed by atoms with van der Waals surface area (Å²) in [7, 11) is 0. The maximum absolute atomic E-state index is 10.5. The minimum Gasteiger partial charge on any atom is -0.300 e. The van der Waals surface area contributed by atoms with Crippen LogP contribution in [-0.4, -0.2) is 5.78 Å². The first-order valence-corrected chi connectivity index (χ1v) is 3.63. The van der Waals surface area contributed by atoms with Gasteiger partial charge in [-0.25, -0.2) is 0 Å². The summed E-state index contributed by atoms with van der Waals surface area (Å²) in [5, 5.41) is 0. The van der Waals surface area contributed by atoms with E-state index in [0.29, 0.717) is 6.42 Å². The first-order valence-electron chi connectivity index (χ1n) is 3.63. The number of carbonyl (C=O) groups is 1. The van der Waals surface area contributed by atoms with Crippen molar-refractivity contribution in [3.63, 3.8) is 0 Å². The Morgan fingerprint density at radius 2 is 2.09 bits per heavy atom. The topological polar surface area (TPSA) is 17.1 Å². The third kappa shape index (κ3) is 6.78. The molecule has 0 radical (unpaired) electrons. The van der Waals surface area contributed by atoms with Crippen LogP contribution in [0.1, 0.15) is 19.8 Å². The molecule has 0 saturated heterocycles. The molecule has 0 heterocycles. The van der Waals surface area contributed by atoms with Gasteiger partial charge in [0.05, 0.1) is 0 Å². The highest BCUT2D eigenvalue weighted by atomic mass is 16.1. The second-order valence-corrected chi connectivity index (χ2v) is 2.46. The molecule has 0 saturated carbocycles. The zero-order valence-electron chi connectivity index (χ0n) is 6.97. The molecule has 0 aliphatic heterocycles. The molecule has 60 valence electrons. The molecule has 0 aromatic carbocycles. The Bertz CT molecular complexity index is 187. The van der Waals surface area contributed by atoms with Crippen LogP contribution in [0.25, 0.3) is 0 Å². The van der Waals surface area contributed by atoms with Crippen LogP contribution in [0.15, 0.2) is 37.0 Å². The molecule has 0 aliphatic rings. The lowest BCUT2D eigenvalue weighted by Gasteiger charge is -1.94. The minimum absolute atomic E-state index is 0.207. The third-order valence-corrected chi connectivity index (χ3v) is 1.27. The van der Waals surface area contributed by atoms with Crippen molar-refractivity contribution >= 4 is 5.78 Å². The highest BCUT2D eigenvalue weighted by molar-refractivity contribution is 5.75. The van der Waals surface area contributed by atoms with Crippen LogP contribution in [-0.2, 0) is 4.79 Å². The van der Waals surface area contributed by atoms with E-state index in [4.69, 9.17) is 0 Å². The number of hydrogen-bond donors (Lipinski definition) is 0. The molecule has 1 heteroatoms. The van der Waals surface area contributed by atoms with Crippen LogP contribution in [0.3, 0.4) is 0 Å². The molecule has 0 bridgehead atoms.